The average Bonchev–Trinajstić information content (AvgIpc) is 1.89. The summed E-state index contributed by atoms with van der Waals surface area (Å²) in [5.41, 5.74) is 2.43. The molecule has 11 heavy (non-hydrogen) atoms. The smallest absolute Gasteiger partial charge is 0.165 e. The van der Waals surface area contributed by atoms with Crippen molar-refractivity contribution in [3.8, 4) is 0 Å². The highest BCUT2D eigenvalue weighted by Gasteiger charge is 1.94. The largest absolute Gasteiger partial charge is 0.321 e. The predicted molar refractivity (Wildman–Crippen MR) is 46.5 cm³/mol. The first-order valence-corrected chi connectivity index (χ1v) is 2.40. The molecule has 0 aliphatic rings. The van der Waals surface area contributed by atoms with Gasteiger partial charge in [-0.2, -0.15) is 0 Å². The van der Waals surface area contributed by atoms with E-state index in [1.165, 1.54) is 12.3 Å². The molecule has 0 aromatic carbocycles. The van der Waals surface area contributed by atoms with E-state index in [-0.39, 0.29) is 30.5 Å². The Balaban J connectivity index is 0. The third-order valence-corrected chi connectivity index (χ3v) is 0.928. The molecule has 0 unspecified atom stereocenters. The molecule has 0 bridgehead atoms. The highest BCUT2D eigenvalue weighted by molar-refractivity contribution is 5.85. The van der Waals surface area contributed by atoms with Crippen LogP contribution in [0.1, 0.15) is 0 Å². The van der Waals surface area contributed by atoms with Crippen LogP contribution in [0.3, 0.4) is 0 Å². The zero-order valence-corrected chi connectivity index (χ0v) is 7.08. The van der Waals surface area contributed by atoms with E-state index in [0.29, 0.717) is 0 Å². The van der Waals surface area contributed by atoms with Gasteiger partial charge >= 0.3 is 0 Å². The van der Waals surface area contributed by atoms with Crippen molar-refractivity contribution in [2.75, 3.05) is 5.43 Å². The Hall–Kier alpha value is -0.580. The molecule has 3 nitrogen and oxygen atoms in total. The number of halogens is 3. The molecule has 0 aliphatic carbocycles. The van der Waals surface area contributed by atoms with Crippen LogP contribution < -0.4 is 11.3 Å². The van der Waals surface area contributed by atoms with Crippen molar-refractivity contribution in [2.24, 2.45) is 5.84 Å². The van der Waals surface area contributed by atoms with Crippen LogP contribution in [0.5, 0.6) is 0 Å². The molecular formula is C5H8Cl2FN3. The number of hydrazine groups is 1. The van der Waals surface area contributed by atoms with Crippen LogP contribution in [0.15, 0.2) is 18.5 Å². The van der Waals surface area contributed by atoms with Gasteiger partial charge in [0.05, 0.1) is 11.9 Å². The van der Waals surface area contributed by atoms with E-state index in [0.717, 1.165) is 6.20 Å². The Labute approximate surface area is 76.0 Å². The minimum absolute atomic E-state index is 0. The summed E-state index contributed by atoms with van der Waals surface area (Å²) in [5, 5.41) is 0. The summed E-state index contributed by atoms with van der Waals surface area (Å²) in [4.78, 5) is 3.52. The van der Waals surface area contributed by atoms with Crippen molar-refractivity contribution in [1.29, 1.82) is 0 Å². The zero-order valence-electron chi connectivity index (χ0n) is 5.45. The van der Waals surface area contributed by atoms with Crippen LogP contribution in [-0.4, -0.2) is 4.98 Å². The number of nitrogens with zero attached hydrogens (tertiary/aromatic N) is 1. The summed E-state index contributed by atoms with van der Waals surface area (Å²) in [5.74, 6) is 4.49. The Bertz CT molecular complexity index is 209. The SMILES string of the molecule is Cl.Cl.NNc1ccncc1F. The van der Waals surface area contributed by atoms with Gasteiger partial charge in [-0.1, -0.05) is 0 Å². The normalized spacial score (nSPS) is 7.45. The molecule has 1 aromatic heterocycles. The lowest BCUT2D eigenvalue weighted by Gasteiger charge is -1.97. The van der Waals surface area contributed by atoms with Gasteiger partial charge in [-0.25, -0.2) is 4.39 Å². The molecule has 0 fully saturated rings. The van der Waals surface area contributed by atoms with Crippen molar-refractivity contribution in [1.82, 2.24) is 4.98 Å². The summed E-state index contributed by atoms with van der Waals surface area (Å²) < 4.78 is 12.4. The van der Waals surface area contributed by atoms with Gasteiger partial charge in [0.15, 0.2) is 5.82 Å². The Morgan fingerprint density at radius 2 is 2.09 bits per heavy atom. The van der Waals surface area contributed by atoms with Gasteiger partial charge < -0.3 is 5.43 Å². The fraction of sp³-hybridized carbons (Fsp3) is 0. The van der Waals surface area contributed by atoms with E-state index in [2.05, 4.69) is 10.4 Å². The molecule has 1 rings (SSSR count). The van der Waals surface area contributed by atoms with E-state index in [1.807, 2.05) is 0 Å². The lowest BCUT2D eigenvalue weighted by Crippen LogP contribution is -2.08. The standard InChI is InChI=1S/C5H6FN3.2ClH/c6-4-3-8-2-1-5(4)9-7;;/h1-3H,7H2,(H,8,9);2*1H. The van der Waals surface area contributed by atoms with E-state index < -0.39 is 5.82 Å². The maximum atomic E-state index is 12.4. The van der Waals surface area contributed by atoms with Gasteiger partial charge in [-0.3, -0.25) is 10.8 Å². The topological polar surface area (TPSA) is 50.9 Å². The quantitative estimate of drug-likeness (QED) is 0.531. The van der Waals surface area contributed by atoms with E-state index in [1.54, 1.807) is 0 Å². The van der Waals surface area contributed by atoms with E-state index in [4.69, 9.17) is 5.84 Å². The van der Waals surface area contributed by atoms with Gasteiger partial charge in [-0.05, 0) is 6.07 Å². The predicted octanol–water partition coefficient (Wildman–Crippen LogP) is 1.35. The van der Waals surface area contributed by atoms with Crippen molar-refractivity contribution < 1.29 is 4.39 Å². The molecule has 0 radical (unpaired) electrons. The minimum atomic E-state index is -0.444. The molecule has 0 atom stereocenters. The number of anilines is 1. The van der Waals surface area contributed by atoms with Crippen LogP contribution in [0.4, 0.5) is 10.1 Å². The third kappa shape index (κ3) is 3.36. The van der Waals surface area contributed by atoms with E-state index in [9.17, 15) is 4.39 Å². The lowest BCUT2D eigenvalue weighted by molar-refractivity contribution is 0.624. The van der Waals surface area contributed by atoms with Crippen LogP contribution in [0, 0.1) is 5.82 Å². The first kappa shape index (κ1) is 13.0. The molecule has 0 aliphatic heterocycles. The number of nitrogens with one attached hydrogen (secondary N) is 1. The summed E-state index contributed by atoms with van der Waals surface area (Å²) in [6, 6.07) is 1.45. The fourth-order valence-corrected chi connectivity index (χ4v) is 0.492. The van der Waals surface area contributed by atoms with Crippen LogP contribution >= 0.6 is 24.8 Å². The average molecular weight is 200 g/mol. The summed E-state index contributed by atoms with van der Waals surface area (Å²) in [7, 11) is 0. The van der Waals surface area contributed by atoms with Crippen molar-refractivity contribution >= 4 is 30.5 Å². The summed E-state index contributed by atoms with van der Waals surface area (Å²) in [6.45, 7) is 0. The fourth-order valence-electron chi connectivity index (χ4n) is 0.492. The van der Waals surface area contributed by atoms with Gasteiger partial charge in [0, 0.05) is 6.20 Å². The first-order chi connectivity index (χ1) is 4.34. The van der Waals surface area contributed by atoms with Gasteiger partial charge in [0.1, 0.15) is 0 Å². The molecule has 64 valence electrons. The van der Waals surface area contributed by atoms with Crippen molar-refractivity contribution in [3.05, 3.63) is 24.3 Å². The minimum Gasteiger partial charge on any atom is -0.321 e. The number of aromatic nitrogens is 1. The highest BCUT2D eigenvalue weighted by Crippen LogP contribution is 2.07. The van der Waals surface area contributed by atoms with Crippen molar-refractivity contribution in [2.45, 2.75) is 0 Å². The summed E-state index contributed by atoms with van der Waals surface area (Å²) in [6.07, 6.45) is 2.55. The molecule has 0 saturated heterocycles. The first-order valence-electron chi connectivity index (χ1n) is 2.40. The molecule has 0 saturated carbocycles. The molecule has 0 amide bonds. The Morgan fingerprint density at radius 1 is 1.45 bits per heavy atom. The molecule has 1 aromatic rings. The monoisotopic (exact) mass is 199 g/mol. The summed E-state index contributed by atoms with van der Waals surface area (Å²) >= 11 is 0. The van der Waals surface area contributed by atoms with Crippen LogP contribution in [0.25, 0.3) is 0 Å². The van der Waals surface area contributed by atoms with Gasteiger partial charge in [-0.15, -0.1) is 24.8 Å². The third-order valence-electron chi connectivity index (χ3n) is 0.928. The number of hydrogen-bond acceptors (Lipinski definition) is 3. The molecule has 0 spiro atoms. The second-order valence-electron chi connectivity index (χ2n) is 1.50. The maximum absolute atomic E-state index is 12.4. The van der Waals surface area contributed by atoms with Crippen molar-refractivity contribution in [3.63, 3.8) is 0 Å². The Kier molecular flexibility index (Phi) is 7.29. The lowest BCUT2D eigenvalue weighted by atomic mass is 10.4. The number of pyridine rings is 1. The second-order valence-corrected chi connectivity index (χ2v) is 1.50. The van der Waals surface area contributed by atoms with Crippen LogP contribution in [-0.2, 0) is 0 Å². The highest BCUT2D eigenvalue weighted by atomic mass is 35.5. The number of nitrogen functional groups attached to an aromatic ring is 1. The zero-order chi connectivity index (χ0) is 6.69. The second kappa shape index (κ2) is 6.15. The molecule has 3 N–H and O–H groups in total. The molecule has 1 heterocycles. The van der Waals surface area contributed by atoms with Crippen LogP contribution in [0.2, 0.25) is 0 Å². The maximum Gasteiger partial charge on any atom is 0.165 e. The number of rotatable bonds is 1. The Morgan fingerprint density at radius 3 is 2.45 bits per heavy atom. The van der Waals surface area contributed by atoms with Gasteiger partial charge in [0.25, 0.3) is 0 Å². The van der Waals surface area contributed by atoms with E-state index >= 15 is 0 Å². The molecule has 6 heteroatoms. The number of nitrogens with two attached hydrogens (primary N) is 1. The number of hydrogen-bond donors (Lipinski definition) is 2. The molecular weight excluding hydrogens is 192 g/mol. The van der Waals surface area contributed by atoms with Gasteiger partial charge in [0.2, 0.25) is 0 Å².